The summed E-state index contributed by atoms with van der Waals surface area (Å²) in [5.41, 5.74) is -3.42. The van der Waals surface area contributed by atoms with Crippen LogP contribution >= 0.6 is 0 Å². The number of aromatic amines is 1. The van der Waals surface area contributed by atoms with Crippen molar-refractivity contribution < 1.29 is 24.9 Å². The van der Waals surface area contributed by atoms with E-state index < -0.39 is 54.1 Å². The standard InChI is InChI=1S/C12H16N2O7/c1-6(16)4-12(10(19)9(18)7(5-15)21-12)14-3-2-8(17)13-11(14)20/h2-3,7,9-10,15,18-19H,4-5H2,1H3,(H,13,17,20)/t7-,9-,10-,12-/m1/s1. The third-order valence-corrected chi connectivity index (χ3v) is 3.44. The van der Waals surface area contributed by atoms with E-state index in [4.69, 9.17) is 9.84 Å². The molecular weight excluding hydrogens is 284 g/mol. The Balaban J connectivity index is 2.60. The van der Waals surface area contributed by atoms with Crippen LogP contribution in [0.4, 0.5) is 0 Å². The van der Waals surface area contributed by atoms with Crippen LogP contribution in [0.1, 0.15) is 13.3 Å². The van der Waals surface area contributed by atoms with Gasteiger partial charge in [0, 0.05) is 12.3 Å². The van der Waals surface area contributed by atoms with Gasteiger partial charge in [0.05, 0.1) is 13.0 Å². The van der Waals surface area contributed by atoms with Crippen molar-refractivity contribution in [3.05, 3.63) is 33.1 Å². The molecule has 1 saturated heterocycles. The van der Waals surface area contributed by atoms with Crippen LogP contribution in [0.3, 0.4) is 0 Å². The van der Waals surface area contributed by atoms with Crippen LogP contribution < -0.4 is 11.2 Å². The van der Waals surface area contributed by atoms with Gasteiger partial charge in [0.2, 0.25) is 0 Å². The lowest BCUT2D eigenvalue weighted by Crippen LogP contribution is -2.52. The Morgan fingerprint density at radius 3 is 2.62 bits per heavy atom. The SMILES string of the molecule is CC(=O)C[C@@]1(n2ccc(=O)[nH]c2=O)O[C@H](CO)[C@@H](O)[C@H]1O. The fourth-order valence-electron chi connectivity index (χ4n) is 2.52. The summed E-state index contributed by atoms with van der Waals surface area (Å²) >= 11 is 0. The van der Waals surface area contributed by atoms with E-state index in [9.17, 15) is 24.6 Å². The number of aliphatic hydroxyl groups is 3. The summed E-state index contributed by atoms with van der Waals surface area (Å²) in [5, 5.41) is 29.2. The van der Waals surface area contributed by atoms with Gasteiger partial charge < -0.3 is 20.1 Å². The van der Waals surface area contributed by atoms with E-state index >= 15 is 0 Å². The van der Waals surface area contributed by atoms with Crippen LogP contribution in [0, 0.1) is 0 Å². The molecule has 0 aromatic carbocycles. The molecule has 0 spiro atoms. The molecule has 0 amide bonds. The number of hydrogen-bond acceptors (Lipinski definition) is 7. The Morgan fingerprint density at radius 1 is 1.48 bits per heavy atom. The number of aromatic nitrogens is 2. The molecule has 0 bridgehead atoms. The highest BCUT2D eigenvalue weighted by Crippen LogP contribution is 2.37. The topological polar surface area (TPSA) is 142 Å². The highest BCUT2D eigenvalue weighted by atomic mass is 16.6. The van der Waals surface area contributed by atoms with E-state index in [2.05, 4.69) is 0 Å². The molecule has 1 aromatic rings. The van der Waals surface area contributed by atoms with Gasteiger partial charge >= 0.3 is 5.69 Å². The molecule has 4 atom stereocenters. The number of H-pyrrole nitrogens is 1. The van der Waals surface area contributed by atoms with Crippen LogP contribution in [-0.2, 0) is 15.3 Å². The first-order chi connectivity index (χ1) is 9.81. The minimum atomic E-state index is -1.88. The lowest BCUT2D eigenvalue weighted by molar-refractivity contribution is -0.162. The summed E-state index contributed by atoms with van der Waals surface area (Å²) in [6.45, 7) is 0.628. The average Bonchev–Trinajstić information content (AvgIpc) is 2.63. The smallest absolute Gasteiger partial charge is 0.330 e. The van der Waals surface area contributed by atoms with E-state index in [-0.39, 0.29) is 0 Å². The quantitative estimate of drug-likeness (QED) is 0.473. The molecule has 9 heteroatoms. The third-order valence-electron chi connectivity index (χ3n) is 3.44. The second-order valence-electron chi connectivity index (χ2n) is 4.98. The number of hydrogen-bond donors (Lipinski definition) is 4. The number of carbonyl (C=O) groups is 1. The monoisotopic (exact) mass is 300 g/mol. The molecule has 116 valence electrons. The fraction of sp³-hybridized carbons (Fsp3) is 0.583. The lowest BCUT2D eigenvalue weighted by Gasteiger charge is -2.32. The molecule has 0 aliphatic carbocycles. The maximum absolute atomic E-state index is 11.9. The summed E-state index contributed by atoms with van der Waals surface area (Å²) in [6, 6.07) is 1.03. The third kappa shape index (κ3) is 2.56. The molecule has 1 aliphatic rings. The molecule has 0 radical (unpaired) electrons. The largest absolute Gasteiger partial charge is 0.394 e. The van der Waals surface area contributed by atoms with Crippen molar-refractivity contribution >= 4 is 5.78 Å². The normalized spacial score (nSPS) is 32.3. The van der Waals surface area contributed by atoms with Gasteiger partial charge in [-0.25, -0.2) is 4.79 Å². The molecule has 9 nitrogen and oxygen atoms in total. The number of nitrogens with one attached hydrogen (secondary N) is 1. The first-order valence-corrected chi connectivity index (χ1v) is 6.28. The van der Waals surface area contributed by atoms with E-state index in [1.54, 1.807) is 0 Å². The Labute approximate surface area is 118 Å². The summed E-state index contributed by atoms with van der Waals surface area (Å²) < 4.78 is 6.26. The van der Waals surface area contributed by atoms with Crippen molar-refractivity contribution in [3.8, 4) is 0 Å². The maximum atomic E-state index is 11.9. The molecule has 2 rings (SSSR count). The number of Topliss-reactive ketones (excluding diaryl/α,β-unsaturated/α-hetero) is 1. The van der Waals surface area contributed by atoms with E-state index in [0.717, 1.165) is 16.8 Å². The molecule has 0 unspecified atom stereocenters. The zero-order valence-electron chi connectivity index (χ0n) is 11.2. The van der Waals surface area contributed by atoms with Crippen molar-refractivity contribution in [2.24, 2.45) is 0 Å². The van der Waals surface area contributed by atoms with Crippen LogP contribution in [-0.4, -0.2) is 55.6 Å². The van der Waals surface area contributed by atoms with Crippen molar-refractivity contribution in [2.75, 3.05) is 6.61 Å². The Hall–Kier alpha value is -1.81. The van der Waals surface area contributed by atoms with Crippen molar-refractivity contribution in [2.45, 2.75) is 37.4 Å². The molecule has 21 heavy (non-hydrogen) atoms. The van der Waals surface area contributed by atoms with Gasteiger partial charge in [-0.1, -0.05) is 0 Å². The zero-order valence-corrected chi connectivity index (χ0v) is 11.2. The zero-order chi connectivity index (χ0) is 15.8. The maximum Gasteiger partial charge on any atom is 0.330 e. The van der Waals surface area contributed by atoms with Gasteiger partial charge in [-0.15, -0.1) is 0 Å². The van der Waals surface area contributed by atoms with Gasteiger partial charge in [-0.05, 0) is 6.92 Å². The summed E-state index contributed by atoms with van der Waals surface area (Å²) in [7, 11) is 0. The van der Waals surface area contributed by atoms with Gasteiger partial charge in [0.15, 0.2) is 5.72 Å². The fourth-order valence-corrected chi connectivity index (χ4v) is 2.52. The van der Waals surface area contributed by atoms with Gasteiger partial charge in [0.25, 0.3) is 5.56 Å². The summed E-state index contributed by atoms with van der Waals surface area (Å²) in [4.78, 5) is 36.5. The molecule has 1 aromatic heterocycles. The predicted octanol–water partition coefficient (Wildman–Crippen LogP) is -2.72. The van der Waals surface area contributed by atoms with Crippen molar-refractivity contribution in [1.29, 1.82) is 0 Å². The first-order valence-electron chi connectivity index (χ1n) is 6.28. The molecule has 1 aliphatic heterocycles. The molecule has 1 fully saturated rings. The number of nitrogens with zero attached hydrogens (tertiary/aromatic N) is 1. The molecular formula is C12H16N2O7. The second-order valence-corrected chi connectivity index (χ2v) is 4.98. The van der Waals surface area contributed by atoms with Crippen LogP contribution in [0.25, 0.3) is 0 Å². The number of ketones is 1. The van der Waals surface area contributed by atoms with Gasteiger partial charge in [-0.2, -0.15) is 0 Å². The number of aliphatic hydroxyl groups excluding tert-OH is 3. The summed E-state index contributed by atoms with van der Waals surface area (Å²) in [6.07, 6.45) is -3.60. The Kier molecular flexibility index (Phi) is 4.10. The van der Waals surface area contributed by atoms with Crippen molar-refractivity contribution in [1.82, 2.24) is 9.55 Å². The minimum absolute atomic E-state index is 0.405. The minimum Gasteiger partial charge on any atom is -0.394 e. The van der Waals surface area contributed by atoms with E-state index in [1.165, 1.54) is 6.92 Å². The molecule has 2 heterocycles. The lowest BCUT2D eigenvalue weighted by atomic mass is 9.97. The van der Waals surface area contributed by atoms with E-state index in [1.807, 2.05) is 4.98 Å². The van der Waals surface area contributed by atoms with Crippen LogP contribution in [0.5, 0.6) is 0 Å². The first kappa shape index (κ1) is 15.6. The average molecular weight is 300 g/mol. The Morgan fingerprint density at radius 2 is 2.14 bits per heavy atom. The summed E-state index contributed by atoms with van der Waals surface area (Å²) in [5.74, 6) is -0.405. The highest BCUT2D eigenvalue weighted by molar-refractivity contribution is 5.76. The molecule has 0 saturated carbocycles. The number of carbonyl (C=O) groups excluding carboxylic acids is 1. The highest BCUT2D eigenvalue weighted by Gasteiger charge is 2.56. The Bertz CT molecular complexity index is 651. The van der Waals surface area contributed by atoms with E-state index in [0.29, 0.717) is 0 Å². The van der Waals surface area contributed by atoms with Crippen molar-refractivity contribution in [3.63, 3.8) is 0 Å². The number of rotatable bonds is 4. The van der Waals surface area contributed by atoms with Crippen LogP contribution in [0.15, 0.2) is 21.9 Å². The van der Waals surface area contributed by atoms with Gasteiger partial charge in [-0.3, -0.25) is 19.1 Å². The predicted molar refractivity (Wildman–Crippen MR) is 68.6 cm³/mol. The molecule has 4 N–H and O–H groups in total. The van der Waals surface area contributed by atoms with Gasteiger partial charge in [0.1, 0.15) is 24.1 Å². The second kappa shape index (κ2) is 5.53. The van der Waals surface area contributed by atoms with Crippen LogP contribution in [0.2, 0.25) is 0 Å². The number of ether oxygens (including phenoxy) is 1.